The fourth-order valence-electron chi connectivity index (χ4n) is 4.21. The average Bonchev–Trinajstić information content (AvgIpc) is 2.76. The molecular formula is C26H18NO2+. The zero-order valence-electron chi connectivity index (χ0n) is 15.9. The molecule has 0 atom stereocenters. The summed E-state index contributed by atoms with van der Waals surface area (Å²) in [5, 5.41) is 0. The Hall–Kier alpha value is -3.85. The van der Waals surface area contributed by atoms with E-state index in [-0.39, 0.29) is 0 Å². The van der Waals surface area contributed by atoms with Gasteiger partial charge in [0.1, 0.15) is 24.3 Å². The highest BCUT2D eigenvalue weighted by Crippen LogP contribution is 2.52. The van der Waals surface area contributed by atoms with Crippen LogP contribution in [0.1, 0.15) is 22.3 Å². The van der Waals surface area contributed by atoms with Crippen molar-refractivity contribution in [3.63, 3.8) is 0 Å². The number of hydrogen-bond acceptors (Lipinski definition) is 2. The molecule has 0 radical (unpaired) electrons. The zero-order chi connectivity index (χ0) is 19.4. The maximum atomic E-state index is 6.27. The van der Waals surface area contributed by atoms with Crippen LogP contribution in [0.25, 0.3) is 11.1 Å². The topological polar surface area (TPSA) is 22.3 Å². The Morgan fingerprint density at radius 1 is 0.517 bits per heavy atom. The Labute approximate surface area is 169 Å². The molecule has 2 aliphatic rings. The van der Waals surface area contributed by atoms with E-state index in [1.807, 2.05) is 54.2 Å². The summed E-state index contributed by atoms with van der Waals surface area (Å²) in [4.78, 5) is 0. The molecule has 0 aliphatic carbocycles. The highest BCUT2D eigenvalue weighted by atomic mass is 16.5. The summed E-state index contributed by atoms with van der Waals surface area (Å²) in [5.41, 5.74) is 6.71. The van der Waals surface area contributed by atoms with Gasteiger partial charge in [-0.05, 0) is 18.2 Å². The Kier molecular flexibility index (Phi) is 3.38. The molecule has 0 saturated carbocycles. The number of fused-ring (bicyclic) bond motifs is 4. The van der Waals surface area contributed by atoms with Gasteiger partial charge in [-0.2, -0.15) is 0 Å². The predicted molar refractivity (Wildman–Crippen MR) is 112 cm³/mol. The zero-order valence-corrected chi connectivity index (χ0v) is 15.9. The third-order valence-corrected chi connectivity index (χ3v) is 5.49. The van der Waals surface area contributed by atoms with Crippen LogP contribution in [0.15, 0.2) is 91.3 Å². The number of hydrogen-bond donors (Lipinski definition) is 0. The first-order valence-corrected chi connectivity index (χ1v) is 9.67. The van der Waals surface area contributed by atoms with Gasteiger partial charge < -0.3 is 9.47 Å². The number of ether oxygens (including phenoxy) is 2. The van der Waals surface area contributed by atoms with Crippen molar-refractivity contribution in [1.29, 1.82) is 0 Å². The smallest absolute Gasteiger partial charge is 0.212 e. The highest BCUT2D eigenvalue weighted by Gasteiger charge is 2.31. The van der Waals surface area contributed by atoms with Crippen LogP contribution in [-0.2, 0) is 7.05 Å². The van der Waals surface area contributed by atoms with Crippen LogP contribution in [0.3, 0.4) is 0 Å². The van der Waals surface area contributed by atoms with E-state index in [1.165, 1.54) is 11.1 Å². The first-order chi connectivity index (χ1) is 14.3. The SMILES string of the molecule is C[n+]1ccc2c(c1)Oc1ccccc1C2=C1c2ccccc2Oc2ccccc21. The summed E-state index contributed by atoms with van der Waals surface area (Å²) < 4.78 is 14.5. The molecule has 4 aromatic rings. The van der Waals surface area contributed by atoms with Gasteiger partial charge in [-0.15, -0.1) is 0 Å². The van der Waals surface area contributed by atoms with Gasteiger partial charge in [0, 0.05) is 39.5 Å². The Morgan fingerprint density at radius 3 is 1.45 bits per heavy atom. The Morgan fingerprint density at radius 2 is 0.931 bits per heavy atom. The highest BCUT2D eigenvalue weighted by molar-refractivity contribution is 6.09. The third-order valence-electron chi connectivity index (χ3n) is 5.49. The Bertz CT molecular complexity index is 1270. The van der Waals surface area contributed by atoms with Crippen molar-refractivity contribution >= 4 is 11.1 Å². The van der Waals surface area contributed by atoms with E-state index >= 15 is 0 Å². The lowest BCUT2D eigenvalue weighted by atomic mass is 9.83. The molecule has 0 bridgehead atoms. The molecule has 0 unspecified atom stereocenters. The normalized spacial score (nSPS) is 13.4. The van der Waals surface area contributed by atoms with Gasteiger partial charge in [0.15, 0.2) is 11.9 Å². The summed E-state index contributed by atoms with van der Waals surface area (Å²) in [6, 6.07) is 26.9. The molecule has 3 heteroatoms. The second kappa shape index (κ2) is 6.08. The lowest BCUT2D eigenvalue weighted by molar-refractivity contribution is -0.671. The van der Waals surface area contributed by atoms with E-state index < -0.39 is 0 Å². The molecule has 0 amide bonds. The maximum Gasteiger partial charge on any atom is 0.212 e. The molecule has 3 heterocycles. The maximum absolute atomic E-state index is 6.27. The van der Waals surface area contributed by atoms with E-state index in [2.05, 4.69) is 48.7 Å². The second-order valence-corrected chi connectivity index (χ2v) is 7.33. The summed E-state index contributed by atoms with van der Waals surface area (Å²) in [6.45, 7) is 0. The standard InChI is InChI=1S/C26H18NO2/c1-27-15-14-20-24(16-27)29-23-13-7-4-10-19(23)26(20)25-17-8-2-5-11-21(17)28-22-12-6-3-9-18(22)25/h2-16H,1H3/q+1. The van der Waals surface area contributed by atoms with Crippen LogP contribution in [0.5, 0.6) is 23.0 Å². The lowest BCUT2D eigenvalue weighted by Crippen LogP contribution is -2.27. The third kappa shape index (κ3) is 2.41. The molecule has 0 N–H and O–H groups in total. The van der Waals surface area contributed by atoms with Crippen LogP contribution in [-0.4, -0.2) is 0 Å². The van der Waals surface area contributed by atoms with Gasteiger partial charge in [0.05, 0.1) is 0 Å². The van der Waals surface area contributed by atoms with Gasteiger partial charge in [-0.25, -0.2) is 4.57 Å². The van der Waals surface area contributed by atoms with Crippen LogP contribution in [0.2, 0.25) is 0 Å². The van der Waals surface area contributed by atoms with Gasteiger partial charge in [0.2, 0.25) is 6.20 Å². The van der Waals surface area contributed by atoms with Crippen molar-refractivity contribution in [3.05, 3.63) is 114 Å². The predicted octanol–water partition coefficient (Wildman–Crippen LogP) is 5.73. The summed E-state index contributed by atoms with van der Waals surface area (Å²) in [5.74, 6) is 3.48. The first-order valence-electron chi connectivity index (χ1n) is 9.67. The minimum absolute atomic E-state index is 0.859. The number of pyridine rings is 1. The molecule has 3 aromatic carbocycles. The van der Waals surface area contributed by atoms with Gasteiger partial charge in [0.25, 0.3) is 0 Å². The molecule has 29 heavy (non-hydrogen) atoms. The van der Waals surface area contributed by atoms with Crippen molar-refractivity contribution in [1.82, 2.24) is 0 Å². The largest absolute Gasteiger partial charge is 0.456 e. The monoisotopic (exact) mass is 376 g/mol. The minimum atomic E-state index is 0.859. The molecular weight excluding hydrogens is 358 g/mol. The van der Waals surface area contributed by atoms with E-state index in [0.29, 0.717) is 0 Å². The number of nitrogens with zero attached hydrogens (tertiary/aromatic N) is 1. The van der Waals surface area contributed by atoms with Gasteiger partial charge in [-0.1, -0.05) is 54.6 Å². The molecule has 6 rings (SSSR count). The van der Waals surface area contributed by atoms with Crippen molar-refractivity contribution < 1.29 is 14.0 Å². The van der Waals surface area contributed by atoms with E-state index in [0.717, 1.165) is 45.3 Å². The quantitative estimate of drug-likeness (QED) is 0.316. The van der Waals surface area contributed by atoms with Crippen molar-refractivity contribution in [2.24, 2.45) is 7.05 Å². The summed E-state index contributed by atoms with van der Waals surface area (Å²) in [6.07, 6.45) is 4.09. The van der Waals surface area contributed by atoms with Crippen molar-refractivity contribution in [3.8, 4) is 23.0 Å². The molecule has 1 aromatic heterocycles. The molecule has 0 saturated heterocycles. The van der Waals surface area contributed by atoms with E-state index in [4.69, 9.17) is 9.47 Å². The fourth-order valence-corrected chi connectivity index (χ4v) is 4.21. The summed E-state index contributed by atoms with van der Waals surface area (Å²) in [7, 11) is 2.01. The number of aromatic nitrogens is 1. The van der Waals surface area contributed by atoms with Gasteiger partial charge >= 0.3 is 0 Å². The lowest BCUT2D eigenvalue weighted by Gasteiger charge is -2.29. The number of benzene rings is 3. The number of rotatable bonds is 0. The van der Waals surface area contributed by atoms with Crippen LogP contribution >= 0.6 is 0 Å². The van der Waals surface area contributed by atoms with E-state index in [1.54, 1.807) is 0 Å². The van der Waals surface area contributed by atoms with Crippen LogP contribution in [0, 0.1) is 0 Å². The molecule has 0 fully saturated rings. The Balaban J connectivity index is 1.79. The summed E-state index contributed by atoms with van der Waals surface area (Å²) >= 11 is 0. The van der Waals surface area contributed by atoms with Gasteiger partial charge in [-0.3, -0.25) is 0 Å². The molecule has 2 aliphatic heterocycles. The fraction of sp³-hybridized carbons (Fsp3) is 0.0385. The number of aryl methyl sites for hydroxylation is 1. The van der Waals surface area contributed by atoms with Crippen molar-refractivity contribution in [2.45, 2.75) is 0 Å². The number of para-hydroxylation sites is 3. The minimum Gasteiger partial charge on any atom is -0.456 e. The molecule has 3 nitrogen and oxygen atoms in total. The second-order valence-electron chi connectivity index (χ2n) is 7.33. The van der Waals surface area contributed by atoms with Crippen LogP contribution in [0.4, 0.5) is 0 Å². The first kappa shape index (κ1) is 16.1. The molecule has 0 spiro atoms. The van der Waals surface area contributed by atoms with Crippen molar-refractivity contribution in [2.75, 3.05) is 0 Å². The van der Waals surface area contributed by atoms with Crippen LogP contribution < -0.4 is 14.0 Å². The van der Waals surface area contributed by atoms with E-state index in [9.17, 15) is 0 Å². The molecule has 138 valence electrons. The average molecular weight is 376 g/mol.